The Hall–Kier alpha value is -3.42. The van der Waals surface area contributed by atoms with Gasteiger partial charge >= 0.3 is 0 Å². The number of phenols is 1. The highest BCUT2D eigenvalue weighted by atomic mass is 35.5. The number of thiocarbonyl (C=S) groups is 1. The van der Waals surface area contributed by atoms with Crippen molar-refractivity contribution in [3.63, 3.8) is 0 Å². The number of rotatable bonds is 3. The maximum absolute atomic E-state index is 13.4. The van der Waals surface area contributed by atoms with Crippen LogP contribution in [0.4, 0.5) is 5.69 Å². The maximum Gasteiger partial charge on any atom is 0.270 e. The van der Waals surface area contributed by atoms with Crippen molar-refractivity contribution < 1.29 is 14.7 Å². The van der Waals surface area contributed by atoms with Gasteiger partial charge in [-0.2, -0.15) is 0 Å². The average molecular weight is 466 g/mol. The summed E-state index contributed by atoms with van der Waals surface area (Å²) in [5.74, 6) is -0.890. The fourth-order valence-corrected chi connectivity index (χ4v) is 4.25. The molecule has 2 heterocycles. The third-order valence-electron chi connectivity index (χ3n) is 5.46. The average Bonchev–Trinajstić information content (AvgIpc) is 3.02. The molecule has 4 rings (SSSR count). The normalized spacial score (nSPS) is 15.4. The fourth-order valence-electron chi connectivity index (χ4n) is 3.80. The van der Waals surface area contributed by atoms with Gasteiger partial charge in [-0.15, -0.1) is 0 Å². The SMILES string of the molecule is Cc1c(Cl)cccc1N1C(=O)/C(=C/c2cc(C)n(-c3ccc(O)cc3)c2C)C(=O)NC1=S. The molecular weight excluding hydrogens is 446 g/mol. The lowest BCUT2D eigenvalue weighted by Crippen LogP contribution is -2.54. The van der Waals surface area contributed by atoms with Gasteiger partial charge in [0.1, 0.15) is 11.3 Å². The molecule has 162 valence electrons. The number of nitrogens with zero attached hydrogens (tertiary/aromatic N) is 2. The number of carbonyl (C=O) groups excluding carboxylic acids is 2. The van der Waals surface area contributed by atoms with E-state index in [1.165, 1.54) is 4.90 Å². The Kier molecular flexibility index (Phi) is 5.62. The van der Waals surface area contributed by atoms with E-state index in [4.69, 9.17) is 23.8 Å². The lowest BCUT2D eigenvalue weighted by atomic mass is 10.1. The topological polar surface area (TPSA) is 74.6 Å². The third-order valence-corrected chi connectivity index (χ3v) is 6.15. The van der Waals surface area contributed by atoms with Gasteiger partial charge in [-0.3, -0.25) is 19.8 Å². The summed E-state index contributed by atoms with van der Waals surface area (Å²) in [5, 5.41) is 12.7. The van der Waals surface area contributed by atoms with Gasteiger partial charge < -0.3 is 9.67 Å². The summed E-state index contributed by atoms with van der Waals surface area (Å²) in [5.41, 5.74) is 4.54. The van der Waals surface area contributed by atoms with Crippen molar-refractivity contribution in [2.45, 2.75) is 20.8 Å². The van der Waals surface area contributed by atoms with Gasteiger partial charge in [0, 0.05) is 22.1 Å². The second kappa shape index (κ2) is 8.26. The van der Waals surface area contributed by atoms with E-state index in [0.717, 1.165) is 22.6 Å². The summed E-state index contributed by atoms with van der Waals surface area (Å²) in [4.78, 5) is 27.3. The Bertz CT molecular complexity index is 1310. The van der Waals surface area contributed by atoms with Crippen LogP contribution in [0.15, 0.2) is 54.1 Å². The Balaban J connectivity index is 1.78. The Morgan fingerprint density at radius 1 is 1.06 bits per heavy atom. The molecule has 0 aliphatic carbocycles. The standard InChI is InChI=1S/C24H20ClN3O3S/c1-13-11-16(15(3)27(13)17-7-9-18(29)10-8-17)12-19-22(30)26-24(32)28(23(19)31)21-6-4-5-20(25)14(21)2/h4-12,29H,1-3H3,(H,26,30,32)/b19-12+. The van der Waals surface area contributed by atoms with Crippen molar-refractivity contribution >= 4 is 52.5 Å². The number of aromatic nitrogens is 1. The summed E-state index contributed by atoms with van der Waals surface area (Å²) in [6.45, 7) is 5.63. The molecule has 8 heteroatoms. The number of phenolic OH excluding ortho intramolecular Hbond substituents is 1. The molecule has 2 amide bonds. The number of carbonyl (C=O) groups is 2. The van der Waals surface area contributed by atoms with Crippen LogP contribution in [-0.2, 0) is 9.59 Å². The first-order valence-corrected chi connectivity index (χ1v) is 10.6. The summed E-state index contributed by atoms with van der Waals surface area (Å²) in [6.07, 6.45) is 1.57. The van der Waals surface area contributed by atoms with Gasteiger partial charge in [0.2, 0.25) is 0 Å². The first kappa shape index (κ1) is 21.8. The van der Waals surface area contributed by atoms with Crippen molar-refractivity contribution in [3.8, 4) is 11.4 Å². The van der Waals surface area contributed by atoms with Crippen molar-refractivity contribution in [2.24, 2.45) is 0 Å². The minimum absolute atomic E-state index is 0.0112. The van der Waals surface area contributed by atoms with Gasteiger partial charge in [0.05, 0.1) is 5.69 Å². The van der Waals surface area contributed by atoms with E-state index in [1.54, 1.807) is 55.5 Å². The van der Waals surface area contributed by atoms with Crippen molar-refractivity contribution in [2.75, 3.05) is 4.90 Å². The van der Waals surface area contributed by atoms with E-state index in [9.17, 15) is 14.7 Å². The number of nitrogens with one attached hydrogen (secondary N) is 1. The molecule has 32 heavy (non-hydrogen) atoms. The van der Waals surface area contributed by atoms with Crippen molar-refractivity contribution in [3.05, 3.63) is 81.6 Å². The smallest absolute Gasteiger partial charge is 0.270 e. The number of hydrogen-bond donors (Lipinski definition) is 2. The molecule has 0 bridgehead atoms. The predicted octanol–water partition coefficient (Wildman–Crippen LogP) is 4.59. The van der Waals surface area contributed by atoms with Gasteiger partial charge in [-0.25, -0.2) is 0 Å². The summed E-state index contributed by atoms with van der Waals surface area (Å²) in [6, 6.07) is 13.9. The van der Waals surface area contributed by atoms with Gasteiger partial charge in [0.15, 0.2) is 5.11 Å². The molecule has 0 unspecified atom stereocenters. The fraction of sp³-hybridized carbons (Fsp3) is 0.125. The molecule has 1 aromatic heterocycles. The van der Waals surface area contributed by atoms with Crippen LogP contribution in [0.5, 0.6) is 5.75 Å². The first-order valence-electron chi connectivity index (χ1n) is 9.84. The minimum Gasteiger partial charge on any atom is -0.508 e. The molecule has 1 aliphatic rings. The van der Waals surface area contributed by atoms with Crippen LogP contribution in [0.1, 0.15) is 22.5 Å². The summed E-state index contributed by atoms with van der Waals surface area (Å²) in [7, 11) is 0. The number of amides is 2. The third kappa shape index (κ3) is 3.70. The molecule has 6 nitrogen and oxygen atoms in total. The van der Waals surface area contributed by atoms with Crippen molar-refractivity contribution in [1.29, 1.82) is 0 Å². The molecule has 2 aromatic carbocycles. The molecule has 3 aromatic rings. The maximum atomic E-state index is 13.4. The molecule has 1 aliphatic heterocycles. The monoisotopic (exact) mass is 465 g/mol. The number of anilines is 1. The quantitative estimate of drug-likeness (QED) is 0.337. The molecule has 0 saturated carbocycles. The highest BCUT2D eigenvalue weighted by molar-refractivity contribution is 7.80. The van der Waals surface area contributed by atoms with Crippen LogP contribution in [0.2, 0.25) is 5.02 Å². The number of aromatic hydroxyl groups is 1. The van der Waals surface area contributed by atoms with E-state index >= 15 is 0 Å². The van der Waals surface area contributed by atoms with Crippen LogP contribution in [0.25, 0.3) is 11.8 Å². The van der Waals surface area contributed by atoms with E-state index < -0.39 is 11.8 Å². The Morgan fingerprint density at radius 3 is 2.44 bits per heavy atom. The molecule has 2 N–H and O–H groups in total. The van der Waals surface area contributed by atoms with E-state index in [2.05, 4.69) is 5.32 Å². The van der Waals surface area contributed by atoms with E-state index in [1.807, 2.05) is 24.5 Å². The van der Waals surface area contributed by atoms with Crippen LogP contribution < -0.4 is 10.2 Å². The molecule has 1 saturated heterocycles. The second-order valence-electron chi connectivity index (χ2n) is 7.52. The Labute approximate surface area is 195 Å². The zero-order valence-electron chi connectivity index (χ0n) is 17.6. The van der Waals surface area contributed by atoms with E-state index in [-0.39, 0.29) is 16.4 Å². The molecule has 0 atom stereocenters. The Morgan fingerprint density at radius 2 is 1.75 bits per heavy atom. The zero-order valence-corrected chi connectivity index (χ0v) is 19.2. The second-order valence-corrected chi connectivity index (χ2v) is 8.31. The van der Waals surface area contributed by atoms with E-state index in [0.29, 0.717) is 16.3 Å². The van der Waals surface area contributed by atoms with Gasteiger partial charge in [0.25, 0.3) is 11.8 Å². The molecular formula is C24H20ClN3O3S. The van der Waals surface area contributed by atoms with Crippen LogP contribution >= 0.6 is 23.8 Å². The van der Waals surface area contributed by atoms with Gasteiger partial charge in [-0.05, 0) is 92.7 Å². The van der Waals surface area contributed by atoms with Gasteiger partial charge in [-0.1, -0.05) is 17.7 Å². The molecule has 0 spiro atoms. The zero-order chi connectivity index (χ0) is 23.2. The predicted molar refractivity (Wildman–Crippen MR) is 129 cm³/mol. The van der Waals surface area contributed by atoms with Crippen LogP contribution in [0.3, 0.4) is 0 Å². The number of halogens is 1. The number of hydrogen-bond acceptors (Lipinski definition) is 4. The summed E-state index contributed by atoms with van der Waals surface area (Å²) < 4.78 is 1.99. The number of aryl methyl sites for hydroxylation is 1. The first-order chi connectivity index (χ1) is 15.2. The summed E-state index contributed by atoms with van der Waals surface area (Å²) >= 11 is 11.5. The highest BCUT2D eigenvalue weighted by Crippen LogP contribution is 2.30. The van der Waals surface area contributed by atoms with Crippen molar-refractivity contribution in [1.82, 2.24) is 9.88 Å². The number of benzene rings is 2. The largest absolute Gasteiger partial charge is 0.508 e. The van der Waals surface area contributed by atoms with Crippen LogP contribution in [-0.4, -0.2) is 26.6 Å². The van der Waals surface area contributed by atoms with Crippen LogP contribution in [0, 0.1) is 20.8 Å². The lowest BCUT2D eigenvalue weighted by molar-refractivity contribution is -0.122. The minimum atomic E-state index is -0.551. The molecule has 1 fully saturated rings. The highest BCUT2D eigenvalue weighted by Gasteiger charge is 2.35. The molecule has 0 radical (unpaired) electrons. The lowest BCUT2D eigenvalue weighted by Gasteiger charge is -2.30.